The molecule has 1 unspecified atom stereocenters. The number of rotatable bonds is 7. The highest BCUT2D eigenvalue weighted by molar-refractivity contribution is 6.31. The molecule has 25 heavy (non-hydrogen) atoms. The van der Waals surface area contributed by atoms with Gasteiger partial charge in [-0.3, -0.25) is 4.98 Å². The van der Waals surface area contributed by atoms with Crippen LogP contribution in [-0.2, 0) is 19.4 Å². The van der Waals surface area contributed by atoms with Crippen LogP contribution in [0.2, 0.25) is 5.02 Å². The number of fused-ring (bicyclic) bond motifs is 1. The first-order valence-corrected chi connectivity index (χ1v) is 9.41. The van der Waals surface area contributed by atoms with Crippen molar-refractivity contribution < 1.29 is 5.11 Å². The first kappa shape index (κ1) is 18.0. The molecule has 1 aromatic carbocycles. The molecule has 1 N–H and O–H groups in total. The van der Waals surface area contributed by atoms with E-state index in [4.69, 9.17) is 11.6 Å². The van der Waals surface area contributed by atoms with Crippen molar-refractivity contribution in [1.82, 2.24) is 9.55 Å². The van der Waals surface area contributed by atoms with Crippen LogP contribution < -0.4 is 0 Å². The summed E-state index contributed by atoms with van der Waals surface area (Å²) >= 11 is 6.25. The second-order valence-corrected chi connectivity index (χ2v) is 6.89. The van der Waals surface area contributed by atoms with E-state index in [2.05, 4.69) is 35.5 Å². The van der Waals surface area contributed by atoms with Crippen molar-refractivity contribution in [2.75, 3.05) is 0 Å². The minimum atomic E-state index is -0.579. The smallest absolute Gasteiger partial charge is 0.0983 e. The molecule has 3 nitrogen and oxygen atoms in total. The Bertz CT molecular complexity index is 842. The van der Waals surface area contributed by atoms with Crippen molar-refractivity contribution in [2.24, 2.45) is 0 Å². The van der Waals surface area contributed by atoms with Gasteiger partial charge >= 0.3 is 0 Å². The number of aliphatic hydroxyl groups excluding tert-OH is 1. The van der Waals surface area contributed by atoms with Crippen LogP contribution in [-0.4, -0.2) is 14.7 Å². The third-order valence-corrected chi connectivity index (χ3v) is 5.03. The average molecular weight is 357 g/mol. The largest absolute Gasteiger partial charge is 0.386 e. The molecule has 0 saturated carbocycles. The van der Waals surface area contributed by atoms with E-state index in [1.165, 1.54) is 16.6 Å². The highest BCUT2D eigenvalue weighted by Crippen LogP contribution is 2.32. The molecule has 132 valence electrons. The molecule has 0 bridgehead atoms. The Balaban J connectivity index is 2.08. The van der Waals surface area contributed by atoms with E-state index in [0.717, 1.165) is 41.8 Å². The summed E-state index contributed by atoms with van der Waals surface area (Å²) in [4.78, 5) is 4.13. The molecule has 2 heterocycles. The predicted molar refractivity (Wildman–Crippen MR) is 104 cm³/mol. The number of pyridine rings is 1. The zero-order valence-electron chi connectivity index (χ0n) is 14.9. The molecule has 0 radical (unpaired) electrons. The van der Waals surface area contributed by atoms with Gasteiger partial charge in [-0.1, -0.05) is 37.9 Å². The molecule has 4 heteroatoms. The van der Waals surface area contributed by atoms with Crippen LogP contribution in [0.1, 0.15) is 49.6 Å². The standard InChI is InChI=1S/C21H25ClN2O/c1-3-5-8-19-17(4-2)18-12-16(22)9-10-20(18)24(19)14-21(25)15-7-6-11-23-13-15/h6-7,9-13,21,25H,3-5,8,14H2,1-2H3. The van der Waals surface area contributed by atoms with Crippen molar-refractivity contribution in [3.05, 3.63) is 64.6 Å². The molecular weight excluding hydrogens is 332 g/mol. The number of halogens is 1. The fourth-order valence-electron chi connectivity index (χ4n) is 3.53. The van der Waals surface area contributed by atoms with Gasteiger partial charge < -0.3 is 9.67 Å². The summed E-state index contributed by atoms with van der Waals surface area (Å²) in [6.07, 6.45) is 7.16. The maximum Gasteiger partial charge on any atom is 0.0983 e. The Morgan fingerprint density at radius 1 is 1.24 bits per heavy atom. The molecule has 3 rings (SSSR count). The number of aryl methyl sites for hydroxylation is 1. The molecule has 2 aromatic heterocycles. The SMILES string of the molecule is CCCCc1c(CC)c2cc(Cl)ccc2n1CC(O)c1cccnc1. The van der Waals surface area contributed by atoms with Crippen molar-refractivity contribution >= 4 is 22.5 Å². The lowest BCUT2D eigenvalue weighted by molar-refractivity contribution is 0.156. The Morgan fingerprint density at radius 3 is 2.76 bits per heavy atom. The van der Waals surface area contributed by atoms with Gasteiger partial charge in [0.1, 0.15) is 0 Å². The monoisotopic (exact) mass is 356 g/mol. The van der Waals surface area contributed by atoms with Gasteiger partial charge in [-0.05, 0) is 49.1 Å². The fourth-order valence-corrected chi connectivity index (χ4v) is 3.71. The molecule has 3 aromatic rings. The van der Waals surface area contributed by atoms with E-state index in [9.17, 15) is 5.11 Å². The van der Waals surface area contributed by atoms with Crippen molar-refractivity contribution in [1.29, 1.82) is 0 Å². The van der Waals surface area contributed by atoms with Crippen LogP contribution in [0, 0.1) is 0 Å². The van der Waals surface area contributed by atoms with Crippen LogP contribution in [0.15, 0.2) is 42.7 Å². The van der Waals surface area contributed by atoms with Crippen molar-refractivity contribution in [3.8, 4) is 0 Å². The molecule has 0 aliphatic heterocycles. The Hall–Kier alpha value is -1.84. The van der Waals surface area contributed by atoms with E-state index in [1.807, 2.05) is 18.2 Å². The number of benzene rings is 1. The zero-order chi connectivity index (χ0) is 17.8. The summed E-state index contributed by atoms with van der Waals surface area (Å²) in [5.41, 5.74) is 4.67. The Morgan fingerprint density at radius 2 is 2.08 bits per heavy atom. The number of nitrogens with zero attached hydrogens (tertiary/aromatic N) is 2. The highest BCUT2D eigenvalue weighted by Gasteiger charge is 2.19. The van der Waals surface area contributed by atoms with E-state index in [0.29, 0.717) is 6.54 Å². The number of aliphatic hydroxyl groups is 1. The number of hydrogen-bond acceptors (Lipinski definition) is 2. The lowest BCUT2D eigenvalue weighted by atomic mass is 10.0. The van der Waals surface area contributed by atoms with E-state index < -0.39 is 6.10 Å². The molecule has 0 aliphatic carbocycles. The molecule has 0 amide bonds. The fraction of sp³-hybridized carbons (Fsp3) is 0.381. The van der Waals surface area contributed by atoms with Crippen molar-refractivity contribution in [2.45, 2.75) is 52.2 Å². The number of hydrogen-bond donors (Lipinski definition) is 1. The second-order valence-electron chi connectivity index (χ2n) is 6.46. The quantitative estimate of drug-likeness (QED) is 0.621. The summed E-state index contributed by atoms with van der Waals surface area (Å²) in [7, 11) is 0. The van der Waals surface area contributed by atoms with Gasteiger partial charge in [-0.2, -0.15) is 0 Å². The topological polar surface area (TPSA) is 38.0 Å². The molecule has 0 aliphatic rings. The normalized spacial score (nSPS) is 12.6. The third-order valence-electron chi connectivity index (χ3n) is 4.79. The third kappa shape index (κ3) is 3.73. The van der Waals surface area contributed by atoms with E-state index in [1.54, 1.807) is 12.4 Å². The van der Waals surface area contributed by atoms with Crippen LogP contribution in [0.25, 0.3) is 10.9 Å². The van der Waals surface area contributed by atoms with Crippen LogP contribution in [0.3, 0.4) is 0 Å². The van der Waals surface area contributed by atoms with Gasteiger partial charge in [-0.25, -0.2) is 0 Å². The molecule has 0 saturated heterocycles. The summed E-state index contributed by atoms with van der Waals surface area (Å²) in [6, 6.07) is 9.84. The maximum atomic E-state index is 10.7. The summed E-state index contributed by atoms with van der Waals surface area (Å²) in [5, 5.41) is 12.7. The van der Waals surface area contributed by atoms with Crippen LogP contribution >= 0.6 is 11.6 Å². The minimum Gasteiger partial charge on any atom is -0.386 e. The number of unbranched alkanes of at least 4 members (excludes halogenated alkanes) is 1. The summed E-state index contributed by atoms with van der Waals surface area (Å²) in [5.74, 6) is 0. The lowest BCUT2D eigenvalue weighted by Gasteiger charge is -2.16. The van der Waals surface area contributed by atoms with Gasteiger partial charge in [0.2, 0.25) is 0 Å². The zero-order valence-corrected chi connectivity index (χ0v) is 15.6. The summed E-state index contributed by atoms with van der Waals surface area (Å²) < 4.78 is 2.28. The second kappa shape index (κ2) is 8.03. The maximum absolute atomic E-state index is 10.7. The summed E-state index contributed by atoms with van der Waals surface area (Å²) in [6.45, 7) is 4.93. The van der Waals surface area contributed by atoms with Crippen molar-refractivity contribution in [3.63, 3.8) is 0 Å². The van der Waals surface area contributed by atoms with Gasteiger partial charge in [0, 0.05) is 39.6 Å². The Kier molecular flexibility index (Phi) is 5.77. The van der Waals surface area contributed by atoms with Gasteiger partial charge in [0.15, 0.2) is 0 Å². The molecular formula is C21H25ClN2O. The first-order valence-electron chi connectivity index (χ1n) is 9.03. The van der Waals surface area contributed by atoms with Crippen LogP contribution in [0.5, 0.6) is 0 Å². The van der Waals surface area contributed by atoms with E-state index >= 15 is 0 Å². The predicted octanol–water partition coefficient (Wildman–Crippen LogP) is 5.33. The highest BCUT2D eigenvalue weighted by atomic mass is 35.5. The average Bonchev–Trinajstić information content (AvgIpc) is 2.92. The van der Waals surface area contributed by atoms with Gasteiger partial charge in [0.25, 0.3) is 0 Å². The van der Waals surface area contributed by atoms with Crippen LogP contribution in [0.4, 0.5) is 0 Å². The first-order chi connectivity index (χ1) is 12.2. The lowest BCUT2D eigenvalue weighted by Crippen LogP contribution is -2.12. The molecule has 0 fully saturated rings. The molecule has 1 atom stereocenters. The Labute approximate surface area is 154 Å². The number of aromatic nitrogens is 2. The van der Waals surface area contributed by atoms with E-state index in [-0.39, 0.29) is 0 Å². The minimum absolute atomic E-state index is 0.531. The van der Waals surface area contributed by atoms with Gasteiger partial charge in [-0.15, -0.1) is 0 Å². The van der Waals surface area contributed by atoms with Gasteiger partial charge in [0.05, 0.1) is 12.6 Å². The molecule has 0 spiro atoms.